The van der Waals surface area contributed by atoms with Crippen molar-refractivity contribution < 1.29 is 14.3 Å². The second-order valence-corrected chi connectivity index (χ2v) is 5.44. The van der Waals surface area contributed by atoms with Crippen molar-refractivity contribution in [2.75, 3.05) is 0 Å². The Morgan fingerprint density at radius 1 is 1.40 bits per heavy atom. The summed E-state index contributed by atoms with van der Waals surface area (Å²) in [7, 11) is 0. The average Bonchev–Trinajstić information content (AvgIpc) is 3.07. The van der Waals surface area contributed by atoms with Gasteiger partial charge in [-0.3, -0.25) is 4.68 Å². The van der Waals surface area contributed by atoms with E-state index in [4.69, 9.17) is 4.42 Å². The Morgan fingerprint density at radius 3 is 2.65 bits per heavy atom. The molecule has 2 heterocycles. The summed E-state index contributed by atoms with van der Waals surface area (Å²) in [4.78, 5) is 11.5. The third-order valence-corrected chi connectivity index (χ3v) is 3.96. The minimum atomic E-state index is -0.942. The fourth-order valence-electron chi connectivity index (χ4n) is 2.97. The number of aromatic carboxylic acids is 1. The molecule has 0 radical (unpaired) electrons. The Balaban J connectivity index is 2.08. The average molecular weight is 274 g/mol. The van der Waals surface area contributed by atoms with Crippen molar-refractivity contribution in [3.05, 3.63) is 29.3 Å². The molecule has 0 unspecified atom stereocenters. The summed E-state index contributed by atoms with van der Waals surface area (Å²) in [6.07, 6.45) is 6.18. The molecule has 2 aromatic heterocycles. The summed E-state index contributed by atoms with van der Waals surface area (Å²) in [6.45, 7) is 3.69. The lowest BCUT2D eigenvalue weighted by Crippen LogP contribution is -2.05. The second-order valence-electron chi connectivity index (χ2n) is 5.44. The van der Waals surface area contributed by atoms with Crippen LogP contribution in [0.1, 0.15) is 53.6 Å². The summed E-state index contributed by atoms with van der Waals surface area (Å²) in [5.74, 6) is 0.536. The zero-order chi connectivity index (χ0) is 14.3. The van der Waals surface area contributed by atoms with E-state index in [1.54, 1.807) is 6.20 Å². The lowest BCUT2D eigenvalue weighted by atomic mass is 10.1. The van der Waals surface area contributed by atoms with E-state index in [0.29, 0.717) is 17.5 Å². The van der Waals surface area contributed by atoms with Crippen LogP contribution >= 0.6 is 0 Å². The maximum Gasteiger partial charge on any atom is 0.339 e. The summed E-state index contributed by atoms with van der Waals surface area (Å²) in [5.41, 5.74) is 1.54. The maximum absolute atomic E-state index is 11.5. The first-order chi connectivity index (χ1) is 9.56. The van der Waals surface area contributed by atoms with Crippen LogP contribution in [0.3, 0.4) is 0 Å². The first kappa shape index (κ1) is 13.0. The van der Waals surface area contributed by atoms with Gasteiger partial charge in [-0.05, 0) is 32.8 Å². The van der Waals surface area contributed by atoms with Gasteiger partial charge in [-0.2, -0.15) is 5.10 Å². The maximum atomic E-state index is 11.5. The first-order valence-electron chi connectivity index (χ1n) is 6.96. The normalized spacial score (nSPS) is 15.9. The van der Waals surface area contributed by atoms with E-state index in [2.05, 4.69) is 5.10 Å². The molecular weight excluding hydrogens is 256 g/mol. The quantitative estimate of drug-likeness (QED) is 0.929. The molecule has 0 aromatic carbocycles. The number of aryl methyl sites for hydroxylation is 2. The standard InChI is InChI=1S/C15H18N2O3/c1-9-7-12(10(2)20-9)14-13(15(18)19)8-17(16-14)11-5-3-4-6-11/h7-8,11H,3-6H2,1-2H3,(H,18,19). The highest BCUT2D eigenvalue weighted by molar-refractivity contribution is 5.94. The Morgan fingerprint density at radius 2 is 2.10 bits per heavy atom. The van der Waals surface area contributed by atoms with Gasteiger partial charge in [-0.1, -0.05) is 12.8 Å². The van der Waals surface area contributed by atoms with Crippen LogP contribution in [-0.2, 0) is 0 Å². The molecule has 1 saturated carbocycles. The zero-order valence-electron chi connectivity index (χ0n) is 11.7. The molecule has 2 aromatic rings. The fraction of sp³-hybridized carbons (Fsp3) is 0.467. The van der Waals surface area contributed by atoms with E-state index in [1.165, 1.54) is 12.8 Å². The van der Waals surface area contributed by atoms with Crippen LogP contribution in [0.4, 0.5) is 0 Å². The highest BCUT2D eigenvalue weighted by Gasteiger charge is 2.24. The lowest BCUT2D eigenvalue weighted by Gasteiger charge is -2.08. The van der Waals surface area contributed by atoms with Gasteiger partial charge in [0.05, 0.1) is 6.04 Å². The molecule has 0 spiro atoms. The SMILES string of the molecule is Cc1cc(-c2nn(C3CCCC3)cc2C(=O)O)c(C)o1. The van der Waals surface area contributed by atoms with Gasteiger partial charge < -0.3 is 9.52 Å². The van der Waals surface area contributed by atoms with Crippen LogP contribution in [-0.4, -0.2) is 20.9 Å². The number of aromatic nitrogens is 2. The van der Waals surface area contributed by atoms with Gasteiger partial charge in [0.15, 0.2) is 0 Å². The number of hydrogen-bond acceptors (Lipinski definition) is 3. The lowest BCUT2D eigenvalue weighted by molar-refractivity contribution is 0.0697. The molecule has 1 aliphatic rings. The van der Waals surface area contributed by atoms with E-state index in [0.717, 1.165) is 24.2 Å². The molecule has 5 nitrogen and oxygen atoms in total. The number of nitrogens with zero attached hydrogens (tertiary/aromatic N) is 2. The van der Waals surface area contributed by atoms with Gasteiger partial charge in [-0.25, -0.2) is 4.79 Å². The molecule has 0 saturated heterocycles. The Labute approximate surface area is 117 Å². The number of carbonyl (C=O) groups is 1. The smallest absolute Gasteiger partial charge is 0.339 e. The number of carboxylic acid groups (broad SMARTS) is 1. The molecular formula is C15H18N2O3. The minimum absolute atomic E-state index is 0.251. The van der Waals surface area contributed by atoms with Gasteiger partial charge in [0.25, 0.3) is 0 Å². The summed E-state index contributed by atoms with van der Waals surface area (Å²) in [5, 5.41) is 13.9. The predicted molar refractivity (Wildman–Crippen MR) is 73.9 cm³/mol. The van der Waals surface area contributed by atoms with Crippen molar-refractivity contribution in [2.24, 2.45) is 0 Å². The highest BCUT2D eigenvalue weighted by atomic mass is 16.4. The molecule has 0 atom stereocenters. The predicted octanol–water partition coefficient (Wildman–Crippen LogP) is 3.57. The third kappa shape index (κ3) is 2.13. The number of furan rings is 1. The molecule has 106 valence electrons. The zero-order valence-corrected chi connectivity index (χ0v) is 11.7. The van der Waals surface area contributed by atoms with E-state index < -0.39 is 5.97 Å². The Bertz CT molecular complexity index is 648. The molecule has 0 aliphatic heterocycles. The van der Waals surface area contributed by atoms with Crippen LogP contribution < -0.4 is 0 Å². The third-order valence-electron chi connectivity index (χ3n) is 3.96. The van der Waals surface area contributed by atoms with Gasteiger partial charge in [0, 0.05) is 11.8 Å². The van der Waals surface area contributed by atoms with Crippen molar-refractivity contribution >= 4 is 5.97 Å². The van der Waals surface area contributed by atoms with Crippen LogP contribution in [0.25, 0.3) is 11.3 Å². The monoisotopic (exact) mass is 274 g/mol. The topological polar surface area (TPSA) is 68.3 Å². The van der Waals surface area contributed by atoms with Crippen molar-refractivity contribution in [1.29, 1.82) is 0 Å². The van der Waals surface area contributed by atoms with E-state index in [1.807, 2.05) is 24.6 Å². The van der Waals surface area contributed by atoms with Gasteiger partial charge in [0.2, 0.25) is 0 Å². The number of hydrogen-bond donors (Lipinski definition) is 1. The van der Waals surface area contributed by atoms with Crippen LogP contribution in [0.15, 0.2) is 16.7 Å². The minimum Gasteiger partial charge on any atom is -0.478 e. The molecule has 0 bridgehead atoms. The van der Waals surface area contributed by atoms with Crippen LogP contribution in [0, 0.1) is 13.8 Å². The molecule has 1 fully saturated rings. The second kappa shape index (κ2) is 4.81. The number of carboxylic acids is 1. The van der Waals surface area contributed by atoms with Crippen molar-refractivity contribution in [3.63, 3.8) is 0 Å². The fourth-order valence-corrected chi connectivity index (χ4v) is 2.97. The van der Waals surface area contributed by atoms with Crippen molar-refractivity contribution in [2.45, 2.75) is 45.6 Å². The van der Waals surface area contributed by atoms with Crippen LogP contribution in [0.2, 0.25) is 0 Å². The number of rotatable bonds is 3. The van der Waals surface area contributed by atoms with Crippen LogP contribution in [0.5, 0.6) is 0 Å². The molecule has 3 rings (SSSR count). The first-order valence-corrected chi connectivity index (χ1v) is 6.96. The largest absolute Gasteiger partial charge is 0.478 e. The summed E-state index contributed by atoms with van der Waals surface area (Å²) < 4.78 is 7.32. The van der Waals surface area contributed by atoms with E-state index >= 15 is 0 Å². The Kier molecular flexibility index (Phi) is 3.12. The van der Waals surface area contributed by atoms with Gasteiger partial charge in [-0.15, -0.1) is 0 Å². The van der Waals surface area contributed by atoms with E-state index in [9.17, 15) is 9.90 Å². The van der Waals surface area contributed by atoms with E-state index in [-0.39, 0.29) is 5.56 Å². The molecule has 1 aliphatic carbocycles. The van der Waals surface area contributed by atoms with Gasteiger partial charge in [0.1, 0.15) is 22.8 Å². The molecule has 0 amide bonds. The highest BCUT2D eigenvalue weighted by Crippen LogP contribution is 2.33. The van der Waals surface area contributed by atoms with Gasteiger partial charge >= 0.3 is 5.97 Å². The van der Waals surface area contributed by atoms with Crippen molar-refractivity contribution in [1.82, 2.24) is 9.78 Å². The molecule has 1 N–H and O–H groups in total. The summed E-state index contributed by atoms with van der Waals surface area (Å²) in [6, 6.07) is 2.18. The summed E-state index contributed by atoms with van der Waals surface area (Å²) >= 11 is 0. The molecule has 20 heavy (non-hydrogen) atoms. The Hall–Kier alpha value is -2.04. The molecule has 5 heteroatoms. The van der Waals surface area contributed by atoms with Crippen molar-refractivity contribution in [3.8, 4) is 11.3 Å².